The highest BCUT2D eigenvalue weighted by molar-refractivity contribution is 6.37. The number of benzene rings is 4. The molecule has 0 saturated heterocycles. The average Bonchev–Trinajstić information content (AvgIpc) is 3.80. The van der Waals surface area contributed by atoms with E-state index < -0.39 is 0 Å². The van der Waals surface area contributed by atoms with Crippen LogP contribution in [-0.4, -0.2) is 52.4 Å². The number of aromatic amines is 1. The molecule has 0 fully saturated rings. The molecule has 7 rings (SSSR count). The summed E-state index contributed by atoms with van der Waals surface area (Å²) in [5, 5.41) is 32.9. The Labute approximate surface area is 368 Å². The van der Waals surface area contributed by atoms with Crippen LogP contribution >= 0.6 is 46.4 Å². The SMILES string of the molecule is C.N#Cc1ccc(NCCNc2ccc(-c3ncc[nH]3)c(-c3ccc(Cl)cc3Cl)c2)nc1.N#Cc1ccc(NCCNc2ccc(C=O)c(-c3ccc(Cl)cc3Cl)c2)nc1. The van der Waals surface area contributed by atoms with Crippen molar-refractivity contribution in [1.29, 1.82) is 10.5 Å². The number of H-pyrrole nitrogens is 1. The second-order valence-corrected chi connectivity index (χ2v) is 14.3. The van der Waals surface area contributed by atoms with Crippen molar-refractivity contribution in [2.24, 2.45) is 0 Å². The number of nitriles is 2. The fourth-order valence-corrected chi connectivity index (χ4v) is 6.86. The minimum absolute atomic E-state index is 0. The lowest BCUT2D eigenvalue weighted by molar-refractivity contribution is 0.112. The Kier molecular flexibility index (Phi) is 16.3. The first-order valence-corrected chi connectivity index (χ1v) is 19.6. The first-order chi connectivity index (χ1) is 28.7. The standard InChI is InChI=1S/C23H18Cl2N6.C21H16Cl2N4O.CH4/c24-16-2-4-18(21(25)11-16)20-12-17(3-5-19(20)23-29-9-10-30-23)27-7-8-28-22-6-1-15(13-26)14-31-22;22-16-3-5-18(20(23)9-16)19-10-17(4-2-15(19)13-28)25-7-8-26-21-6-1-14(11-24)12-27-21;/h1-6,9-12,14,27H,7-8H2,(H,28,31)(H,29,30);1-6,9-10,12-13,25H,7-8H2,(H,26,27);1H4. The summed E-state index contributed by atoms with van der Waals surface area (Å²) < 4.78 is 0. The molecule has 0 saturated carbocycles. The number of carbonyl (C=O) groups is 1. The number of pyridine rings is 2. The van der Waals surface area contributed by atoms with E-state index in [0.29, 0.717) is 68.8 Å². The molecule has 3 aromatic heterocycles. The first-order valence-electron chi connectivity index (χ1n) is 18.1. The van der Waals surface area contributed by atoms with Gasteiger partial charge in [0.05, 0.1) is 11.1 Å². The van der Waals surface area contributed by atoms with Crippen LogP contribution in [0.4, 0.5) is 23.0 Å². The Morgan fingerprint density at radius 2 is 1.07 bits per heavy atom. The molecule has 0 aliphatic heterocycles. The van der Waals surface area contributed by atoms with E-state index in [2.05, 4.69) is 47.3 Å². The van der Waals surface area contributed by atoms with Crippen molar-refractivity contribution in [3.63, 3.8) is 0 Å². The summed E-state index contributed by atoms with van der Waals surface area (Å²) in [4.78, 5) is 27.3. The van der Waals surface area contributed by atoms with Gasteiger partial charge < -0.3 is 26.3 Å². The van der Waals surface area contributed by atoms with E-state index in [-0.39, 0.29) is 7.43 Å². The molecule has 0 radical (unpaired) electrons. The summed E-state index contributed by atoms with van der Waals surface area (Å²) in [5.74, 6) is 2.19. The monoisotopic (exact) mass is 874 g/mol. The number of aldehydes is 1. The zero-order chi connectivity index (χ0) is 41.6. The van der Waals surface area contributed by atoms with E-state index in [1.165, 1.54) is 6.20 Å². The average molecular weight is 877 g/mol. The normalized spacial score (nSPS) is 10.2. The number of halogens is 4. The van der Waals surface area contributed by atoms with Gasteiger partial charge in [0.1, 0.15) is 29.6 Å². The third-order valence-electron chi connectivity index (χ3n) is 8.70. The topological polar surface area (TPSA) is 167 Å². The van der Waals surface area contributed by atoms with Gasteiger partial charge in [0, 0.05) is 105 Å². The zero-order valence-electron chi connectivity index (χ0n) is 31.1. The fraction of sp³-hybridized carbons (Fsp3) is 0.111. The minimum Gasteiger partial charge on any atom is -0.383 e. The highest BCUT2D eigenvalue weighted by Crippen LogP contribution is 2.38. The van der Waals surface area contributed by atoms with Gasteiger partial charge in [0.15, 0.2) is 6.29 Å². The molecular formula is C45H38Cl4N10O. The molecule has 7 aromatic rings. The van der Waals surface area contributed by atoms with Gasteiger partial charge in [-0.3, -0.25) is 4.79 Å². The summed E-state index contributed by atoms with van der Waals surface area (Å²) in [6, 6.07) is 33.3. The Bertz CT molecular complexity index is 2610. The predicted molar refractivity (Wildman–Crippen MR) is 245 cm³/mol. The predicted octanol–water partition coefficient (Wildman–Crippen LogP) is 11.7. The van der Waals surface area contributed by atoms with Gasteiger partial charge >= 0.3 is 0 Å². The van der Waals surface area contributed by atoms with Gasteiger partial charge in [-0.1, -0.05) is 66.0 Å². The van der Waals surface area contributed by atoms with Gasteiger partial charge in [-0.15, -0.1) is 0 Å². The van der Waals surface area contributed by atoms with Gasteiger partial charge in [-0.05, 0) is 96.1 Å². The van der Waals surface area contributed by atoms with E-state index in [1.807, 2.05) is 48.5 Å². The smallest absolute Gasteiger partial charge is 0.150 e. The van der Waals surface area contributed by atoms with E-state index >= 15 is 0 Å². The minimum atomic E-state index is 0. The van der Waals surface area contributed by atoms with Crippen molar-refractivity contribution >= 4 is 75.7 Å². The van der Waals surface area contributed by atoms with Gasteiger partial charge in [-0.2, -0.15) is 10.5 Å². The summed E-state index contributed by atoms with van der Waals surface area (Å²) in [6.45, 7) is 2.60. The molecule has 0 aliphatic rings. The number of hydrogen-bond acceptors (Lipinski definition) is 10. The maximum absolute atomic E-state index is 11.4. The van der Waals surface area contributed by atoms with Crippen LogP contribution in [-0.2, 0) is 0 Å². The maximum Gasteiger partial charge on any atom is 0.150 e. The fourth-order valence-electron chi connectivity index (χ4n) is 5.84. The Morgan fingerprint density at radius 1 is 0.567 bits per heavy atom. The molecule has 11 nitrogen and oxygen atoms in total. The van der Waals surface area contributed by atoms with Crippen LogP contribution in [0.3, 0.4) is 0 Å². The molecule has 15 heteroatoms. The van der Waals surface area contributed by atoms with Crippen molar-refractivity contribution in [3.05, 3.63) is 159 Å². The molecule has 60 heavy (non-hydrogen) atoms. The summed E-state index contributed by atoms with van der Waals surface area (Å²) in [5.41, 5.74) is 7.67. The van der Waals surface area contributed by atoms with Crippen molar-refractivity contribution in [1.82, 2.24) is 19.9 Å². The zero-order valence-corrected chi connectivity index (χ0v) is 34.1. The number of rotatable bonds is 14. The van der Waals surface area contributed by atoms with Crippen LogP contribution < -0.4 is 21.3 Å². The van der Waals surface area contributed by atoms with E-state index in [0.717, 1.165) is 57.1 Å². The molecule has 5 N–H and O–H groups in total. The summed E-state index contributed by atoms with van der Waals surface area (Å²) >= 11 is 24.8. The highest BCUT2D eigenvalue weighted by Gasteiger charge is 2.14. The number of aromatic nitrogens is 4. The summed E-state index contributed by atoms with van der Waals surface area (Å²) in [6.07, 6.45) is 7.39. The van der Waals surface area contributed by atoms with Crippen LogP contribution in [0.5, 0.6) is 0 Å². The molecule has 0 unspecified atom stereocenters. The van der Waals surface area contributed by atoms with Crippen LogP contribution in [0, 0.1) is 22.7 Å². The molecule has 4 aromatic carbocycles. The highest BCUT2D eigenvalue weighted by atomic mass is 35.5. The second kappa shape index (κ2) is 22.0. The van der Waals surface area contributed by atoms with E-state index in [1.54, 1.807) is 73.2 Å². The van der Waals surface area contributed by atoms with Crippen LogP contribution in [0.25, 0.3) is 33.6 Å². The van der Waals surface area contributed by atoms with E-state index in [4.69, 9.17) is 56.9 Å². The Hall–Kier alpha value is -6.60. The van der Waals surface area contributed by atoms with Gasteiger partial charge in [0.2, 0.25) is 0 Å². The lowest BCUT2D eigenvalue weighted by atomic mass is 9.98. The first kappa shape index (κ1) is 44.5. The largest absolute Gasteiger partial charge is 0.383 e. The van der Waals surface area contributed by atoms with E-state index in [9.17, 15) is 4.79 Å². The third-order valence-corrected chi connectivity index (χ3v) is 9.80. The number of imidazole rings is 1. The molecule has 0 bridgehead atoms. The molecular weight excluding hydrogens is 838 g/mol. The van der Waals surface area contributed by atoms with Crippen LogP contribution in [0.2, 0.25) is 20.1 Å². The Morgan fingerprint density at radius 3 is 1.53 bits per heavy atom. The number of anilines is 4. The molecule has 0 spiro atoms. The van der Waals surface area contributed by atoms with Crippen molar-refractivity contribution < 1.29 is 4.79 Å². The summed E-state index contributed by atoms with van der Waals surface area (Å²) in [7, 11) is 0. The van der Waals surface area contributed by atoms with Crippen molar-refractivity contribution in [3.8, 4) is 45.8 Å². The quantitative estimate of drug-likeness (QED) is 0.0524. The molecule has 0 amide bonds. The maximum atomic E-state index is 11.4. The van der Waals surface area contributed by atoms with Crippen LogP contribution in [0.15, 0.2) is 122 Å². The van der Waals surface area contributed by atoms with Crippen molar-refractivity contribution in [2.45, 2.75) is 7.43 Å². The lowest BCUT2D eigenvalue weighted by Gasteiger charge is -2.14. The lowest BCUT2D eigenvalue weighted by Crippen LogP contribution is -2.14. The number of nitrogens with one attached hydrogen (secondary N) is 5. The molecule has 0 atom stereocenters. The Balaban J connectivity index is 0.000000225. The number of carbonyl (C=O) groups excluding carboxylic acids is 1. The second-order valence-electron chi connectivity index (χ2n) is 12.7. The van der Waals surface area contributed by atoms with Crippen molar-refractivity contribution in [2.75, 3.05) is 47.4 Å². The molecule has 0 aliphatic carbocycles. The molecule has 3 heterocycles. The number of hydrogen-bond donors (Lipinski definition) is 5. The number of nitrogens with zero attached hydrogens (tertiary/aromatic N) is 5. The third kappa shape index (κ3) is 12.0. The molecule has 302 valence electrons. The van der Waals surface area contributed by atoms with Gasteiger partial charge in [-0.25, -0.2) is 15.0 Å². The van der Waals surface area contributed by atoms with Crippen LogP contribution in [0.1, 0.15) is 28.9 Å². The van der Waals surface area contributed by atoms with Gasteiger partial charge in [0.25, 0.3) is 0 Å².